The average Bonchev–Trinajstić information content (AvgIpc) is 3.41. The highest BCUT2D eigenvalue weighted by Gasteiger charge is 2.17. The Bertz CT molecular complexity index is 1350. The Hall–Kier alpha value is -4.39. The van der Waals surface area contributed by atoms with Crippen molar-refractivity contribution in [3.8, 4) is 11.1 Å². The maximum Gasteiger partial charge on any atom is 0.338 e. The van der Waals surface area contributed by atoms with Crippen molar-refractivity contribution in [3.05, 3.63) is 101 Å². The van der Waals surface area contributed by atoms with E-state index < -0.39 is 0 Å². The summed E-state index contributed by atoms with van der Waals surface area (Å²) < 4.78 is 9.73. The lowest BCUT2D eigenvalue weighted by atomic mass is 9.95. The van der Waals surface area contributed by atoms with Crippen LogP contribution in [-0.4, -0.2) is 24.1 Å². The van der Waals surface area contributed by atoms with Crippen molar-refractivity contribution >= 4 is 23.3 Å². The lowest BCUT2D eigenvalue weighted by molar-refractivity contribution is 0.0601. The highest BCUT2D eigenvalue weighted by Crippen LogP contribution is 2.31. The van der Waals surface area contributed by atoms with Gasteiger partial charge in [-0.15, -0.1) is 0 Å². The quantitative estimate of drug-likeness (QED) is 0.314. The highest BCUT2D eigenvalue weighted by atomic mass is 16.5. The Kier molecular flexibility index (Phi) is 6.96. The summed E-state index contributed by atoms with van der Waals surface area (Å²) in [5.74, 6) is -0.702. The van der Waals surface area contributed by atoms with Crippen LogP contribution in [-0.2, 0) is 4.74 Å². The van der Waals surface area contributed by atoms with Gasteiger partial charge in [0.15, 0.2) is 5.69 Å². The minimum atomic E-state index is -0.362. The summed E-state index contributed by atoms with van der Waals surface area (Å²) in [4.78, 5) is 24.8. The zero-order chi connectivity index (χ0) is 24.9. The first-order valence-electron chi connectivity index (χ1n) is 11.2. The fourth-order valence-electron chi connectivity index (χ4n) is 3.91. The molecule has 4 aromatic rings. The van der Waals surface area contributed by atoms with Crippen molar-refractivity contribution in [2.45, 2.75) is 26.8 Å². The molecule has 3 aromatic carbocycles. The van der Waals surface area contributed by atoms with Gasteiger partial charge in [0.25, 0.3) is 5.91 Å². The van der Waals surface area contributed by atoms with E-state index in [4.69, 9.17) is 9.26 Å². The fourth-order valence-corrected chi connectivity index (χ4v) is 3.91. The first-order chi connectivity index (χ1) is 16.9. The number of carbonyl (C=O) groups excluding carboxylic acids is 2. The number of anilines is 2. The molecule has 0 spiro atoms. The van der Waals surface area contributed by atoms with Crippen LogP contribution >= 0.6 is 0 Å². The lowest BCUT2D eigenvalue weighted by Crippen LogP contribution is -2.16. The predicted molar refractivity (Wildman–Crippen MR) is 136 cm³/mol. The summed E-state index contributed by atoms with van der Waals surface area (Å²) in [5.41, 5.74) is 7.03. The third-order valence-corrected chi connectivity index (χ3v) is 5.86. The molecule has 0 bridgehead atoms. The van der Waals surface area contributed by atoms with Gasteiger partial charge in [-0.2, -0.15) is 0 Å². The van der Waals surface area contributed by atoms with Gasteiger partial charge in [-0.25, -0.2) is 4.79 Å². The van der Waals surface area contributed by atoms with E-state index in [0.29, 0.717) is 11.3 Å². The van der Waals surface area contributed by atoms with E-state index in [1.807, 2.05) is 75.4 Å². The molecule has 1 atom stereocenters. The van der Waals surface area contributed by atoms with E-state index >= 15 is 0 Å². The van der Waals surface area contributed by atoms with Crippen molar-refractivity contribution in [2.75, 3.05) is 17.7 Å². The zero-order valence-corrected chi connectivity index (χ0v) is 20.1. The van der Waals surface area contributed by atoms with E-state index in [2.05, 4.69) is 15.8 Å². The smallest absolute Gasteiger partial charge is 0.338 e. The number of nitrogens with zero attached hydrogens (tertiary/aromatic N) is 1. The van der Waals surface area contributed by atoms with Crippen LogP contribution in [0.5, 0.6) is 0 Å². The van der Waals surface area contributed by atoms with Crippen LogP contribution in [0.2, 0.25) is 0 Å². The molecule has 4 rings (SSSR count). The van der Waals surface area contributed by atoms with Gasteiger partial charge in [0.1, 0.15) is 6.26 Å². The van der Waals surface area contributed by atoms with Gasteiger partial charge in [0.05, 0.1) is 24.0 Å². The molecule has 2 N–H and O–H groups in total. The molecule has 0 aliphatic rings. The Labute approximate surface area is 204 Å². The third-order valence-electron chi connectivity index (χ3n) is 5.86. The number of nitrogens with one attached hydrogen (secondary N) is 2. The minimum Gasteiger partial charge on any atom is -0.465 e. The van der Waals surface area contributed by atoms with Crippen LogP contribution in [0.4, 0.5) is 11.4 Å². The topological polar surface area (TPSA) is 93.5 Å². The Morgan fingerprint density at radius 2 is 1.77 bits per heavy atom. The molecule has 1 aromatic heterocycles. The van der Waals surface area contributed by atoms with Crippen molar-refractivity contribution in [2.24, 2.45) is 0 Å². The zero-order valence-electron chi connectivity index (χ0n) is 20.1. The normalized spacial score (nSPS) is 11.5. The van der Waals surface area contributed by atoms with Crippen molar-refractivity contribution in [1.29, 1.82) is 0 Å². The largest absolute Gasteiger partial charge is 0.465 e. The third kappa shape index (κ3) is 5.24. The number of benzene rings is 3. The van der Waals surface area contributed by atoms with Gasteiger partial charge in [-0.1, -0.05) is 59.3 Å². The molecular formula is C28H27N3O4. The first-order valence-corrected chi connectivity index (χ1v) is 11.2. The summed E-state index contributed by atoms with van der Waals surface area (Å²) in [5, 5.41) is 10.1. The van der Waals surface area contributed by atoms with Crippen LogP contribution in [0.25, 0.3) is 11.1 Å². The van der Waals surface area contributed by atoms with Gasteiger partial charge in [0, 0.05) is 12.1 Å². The lowest BCUT2D eigenvalue weighted by Gasteiger charge is -2.20. The molecule has 1 amide bonds. The van der Waals surface area contributed by atoms with E-state index in [9.17, 15) is 9.59 Å². The molecule has 0 radical (unpaired) electrons. The second-order valence-corrected chi connectivity index (χ2v) is 8.36. The number of ether oxygens (including phenoxy) is 1. The molecule has 0 saturated carbocycles. The van der Waals surface area contributed by atoms with Crippen LogP contribution in [0.1, 0.15) is 50.5 Å². The number of esters is 1. The Balaban J connectivity index is 1.56. The summed E-state index contributed by atoms with van der Waals surface area (Å²) >= 11 is 0. The summed E-state index contributed by atoms with van der Waals surface area (Å²) in [7, 11) is 1.39. The van der Waals surface area contributed by atoms with Crippen molar-refractivity contribution < 1.29 is 18.8 Å². The molecule has 35 heavy (non-hydrogen) atoms. The number of amides is 1. The number of rotatable bonds is 7. The van der Waals surface area contributed by atoms with Gasteiger partial charge in [-0.05, 0) is 55.2 Å². The molecule has 0 aliphatic carbocycles. The molecule has 0 saturated heterocycles. The maximum absolute atomic E-state index is 12.5. The molecule has 1 unspecified atom stereocenters. The van der Waals surface area contributed by atoms with E-state index in [1.165, 1.54) is 19.4 Å². The summed E-state index contributed by atoms with van der Waals surface area (Å²) in [6, 6.07) is 21.0. The number of carbonyl (C=O) groups is 2. The average molecular weight is 470 g/mol. The molecule has 0 aliphatic heterocycles. The number of methoxy groups -OCH3 is 1. The number of para-hydroxylation sites is 1. The molecule has 0 fully saturated rings. The van der Waals surface area contributed by atoms with Crippen LogP contribution < -0.4 is 10.6 Å². The molecule has 7 heteroatoms. The van der Waals surface area contributed by atoms with Gasteiger partial charge in [0.2, 0.25) is 0 Å². The number of aromatic nitrogens is 1. The predicted octanol–water partition coefficient (Wildman–Crippen LogP) is 6.17. The molecule has 7 nitrogen and oxygen atoms in total. The number of hydrogen-bond donors (Lipinski definition) is 2. The maximum atomic E-state index is 12.5. The van der Waals surface area contributed by atoms with Gasteiger partial charge < -0.3 is 19.9 Å². The second kappa shape index (κ2) is 10.3. The van der Waals surface area contributed by atoms with Gasteiger partial charge >= 0.3 is 5.97 Å². The van der Waals surface area contributed by atoms with E-state index in [1.54, 1.807) is 6.07 Å². The number of aryl methyl sites for hydroxylation is 2. The molecule has 178 valence electrons. The fraction of sp³-hybridized carbons (Fsp3) is 0.179. The van der Waals surface area contributed by atoms with Crippen LogP contribution in [0.3, 0.4) is 0 Å². The van der Waals surface area contributed by atoms with Gasteiger partial charge in [-0.3, -0.25) is 4.79 Å². The first kappa shape index (κ1) is 23.8. The van der Waals surface area contributed by atoms with Crippen LogP contribution in [0, 0.1) is 13.8 Å². The van der Waals surface area contributed by atoms with Crippen molar-refractivity contribution in [1.82, 2.24) is 5.16 Å². The monoisotopic (exact) mass is 469 g/mol. The Morgan fingerprint density at radius 3 is 2.46 bits per heavy atom. The molecular weight excluding hydrogens is 442 g/mol. The second-order valence-electron chi connectivity index (χ2n) is 8.36. The number of hydrogen-bond acceptors (Lipinski definition) is 6. The molecule has 1 heterocycles. The minimum absolute atomic E-state index is 0.0499. The SMILES string of the molecule is COC(=O)c1ccc(C)cc1-c1ccc(C(C)Nc2cccc(C)c2NC(=O)c2ccon2)cc1. The standard InChI is InChI=1S/C28H27N3O4/c1-17-8-13-22(28(33)34-4)23(16-17)21-11-9-20(10-12-21)19(3)29-24-7-5-6-18(2)26(24)30-27(32)25-14-15-35-31-25/h5-16,19,29H,1-4H3,(H,30,32). The van der Waals surface area contributed by atoms with E-state index in [0.717, 1.165) is 33.5 Å². The summed E-state index contributed by atoms with van der Waals surface area (Å²) in [6.45, 7) is 5.97. The summed E-state index contributed by atoms with van der Waals surface area (Å²) in [6.07, 6.45) is 1.36. The van der Waals surface area contributed by atoms with Crippen LogP contribution in [0.15, 0.2) is 77.5 Å². The van der Waals surface area contributed by atoms with E-state index in [-0.39, 0.29) is 23.6 Å². The highest BCUT2D eigenvalue weighted by molar-refractivity contribution is 6.05. The Morgan fingerprint density at radius 1 is 1.00 bits per heavy atom. The van der Waals surface area contributed by atoms with Crippen molar-refractivity contribution in [3.63, 3.8) is 0 Å².